The summed E-state index contributed by atoms with van der Waals surface area (Å²) in [5.41, 5.74) is 10.1. The SMILES string of the molecule is c1ccc(-c2cccc3c2oc2c4ccccc4ccc32)c(CN(c2ccc(-c3cccc4c3ccc3ccccc34)cc2)c2cccc3ccccc23)c1. The molecule has 0 N–H and O–H groups in total. The first kappa shape index (κ1) is 31.4. The van der Waals surface area contributed by atoms with Gasteiger partial charge in [-0.3, -0.25) is 0 Å². The summed E-state index contributed by atoms with van der Waals surface area (Å²) in [6.45, 7) is 0.670. The van der Waals surface area contributed by atoms with Crippen LogP contribution < -0.4 is 4.90 Å². The summed E-state index contributed by atoms with van der Waals surface area (Å²) >= 11 is 0. The predicted octanol–water partition coefficient (Wildman–Crippen LogP) is 14.9. The van der Waals surface area contributed by atoms with E-state index in [9.17, 15) is 0 Å². The summed E-state index contributed by atoms with van der Waals surface area (Å²) in [7, 11) is 0. The zero-order valence-corrected chi connectivity index (χ0v) is 30.1. The van der Waals surface area contributed by atoms with E-state index >= 15 is 0 Å². The molecule has 2 heteroatoms. The number of para-hydroxylation sites is 1. The van der Waals surface area contributed by atoms with Crippen LogP contribution >= 0.6 is 0 Å². The lowest BCUT2D eigenvalue weighted by Crippen LogP contribution is -2.17. The van der Waals surface area contributed by atoms with Crippen molar-refractivity contribution < 1.29 is 4.42 Å². The van der Waals surface area contributed by atoms with Crippen LogP contribution in [0.2, 0.25) is 0 Å². The average Bonchev–Trinajstić information content (AvgIpc) is 3.65. The van der Waals surface area contributed by atoms with E-state index in [1.807, 2.05) is 0 Å². The minimum Gasteiger partial charge on any atom is -0.455 e. The quantitative estimate of drug-likeness (QED) is 0.161. The van der Waals surface area contributed by atoms with Gasteiger partial charge in [-0.05, 0) is 78.8 Å². The highest BCUT2D eigenvalue weighted by Crippen LogP contribution is 2.42. The van der Waals surface area contributed by atoms with Crippen LogP contribution in [0.25, 0.3) is 87.3 Å². The van der Waals surface area contributed by atoms with Crippen molar-refractivity contribution in [2.75, 3.05) is 4.90 Å². The number of benzene rings is 10. The average molecular weight is 702 g/mol. The van der Waals surface area contributed by atoms with Crippen LogP contribution in [0, 0.1) is 0 Å². The standard InChI is InChI=1S/C53H35NO/c1-5-17-41-36(13-1)28-32-47-42(21-10-22-46(41)47)38-26-30-40(31-27-38)54(51-25-9-16-35-12-2-7-19-44(35)51)34-39-15-4-6-18-43(39)48-23-11-24-49-50-33-29-37-14-3-8-20-45(37)52(50)55-53(48)49/h1-33H,34H2. The first-order chi connectivity index (χ1) is 27.3. The van der Waals surface area contributed by atoms with E-state index in [1.165, 1.54) is 65.6 Å². The first-order valence-electron chi connectivity index (χ1n) is 19.0. The van der Waals surface area contributed by atoms with Gasteiger partial charge < -0.3 is 9.32 Å². The lowest BCUT2D eigenvalue weighted by molar-refractivity contribution is 0.673. The molecule has 55 heavy (non-hydrogen) atoms. The van der Waals surface area contributed by atoms with Gasteiger partial charge in [0, 0.05) is 45.0 Å². The van der Waals surface area contributed by atoms with Crippen LogP contribution in [0.1, 0.15) is 5.56 Å². The van der Waals surface area contributed by atoms with E-state index < -0.39 is 0 Å². The zero-order valence-electron chi connectivity index (χ0n) is 30.1. The Kier molecular flexibility index (Phi) is 7.28. The van der Waals surface area contributed by atoms with Crippen molar-refractivity contribution in [3.8, 4) is 22.3 Å². The molecule has 0 saturated carbocycles. The number of hydrogen-bond acceptors (Lipinski definition) is 2. The Balaban J connectivity index is 1.05. The van der Waals surface area contributed by atoms with Crippen LogP contribution in [0.5, 0.6) is 0 Å². The first-order valence-corrected chi connectivity index (χ1v) is 19.0. The summed E-state index contributed by atoms with van der Waals surface area (Å²) < 4.78 is 6.83. The summed E-state index contributed by atoms with van der Waals surface area (Å²) in [4.78, 5) is 2.47. The Morgan fingerprint density at radius 3 is 1.69 bits per heavy atom. The van der Waals surface area contributed by atoms with Crippen molar-refractivity contribution in [3.63, 3.8) is 0 Å². The molecule has 0 fully saturated rings. The van der Waals surface area contributed by atoms with Crippen LogP contribution in [-0.2, 0) is 6.54 Å². The Morgan fingerprint density at radius 2 is 0.873 bits per heavy atom. The fourth-order valence-electron chi connectivity index (χ4n) is 8.70. The summed E-state index contributed by atoms with van der Waals surface area (Å²) in [6, 6.07) is 72.5. The molecule has 0 unspecified atom stereocenters. The highest BCUT2D eigenvalue weighted by molar-refractivity contribution is 6.17. The monoisotopic (exact) mass is 701 g/mol. The molecule has 10 aromatic carbocycles. The van der Waals surface area contributed by atoms with Crippen LogP contribution in [0.4, 0.5) is 11.4 Å². The Bertz CT molecular complexity index is 3240. The van der Waals surface area contributed by atoms with Gasteiger partial charge in [0.15, 0.2) is 0 Å². The van der Waals surface area contributed by atoms with Crippen LogP contribution in [0.15, 0.2) is 205 Å². The van der Waals surface area contributed by atoms with Gasteiger partial charge in [-0.1, -0.05) is 176 Å². The minimum atomic E-state index is 0.670. The molecule has 2 nitrogen and oxygen atoms in total. The molecule has 0 saturated heterocycles. The number of fused-ring (bicyclic) bond motifs is 9. The number of furan rings is 1. The molecule has 0 aliphatic rings. The van der Waals surface area contributed by atoms with Crippen molar-refractivity contribution in [1.82, 2.24) is 0 Å². The number of hydrogen-bond donors (Lipinski definition) is 0. The lowest BCUT2D eigenvalue weighted by atomic mass is 9.94. The second-order valence-corrected chi connectivity index (χ2v) is 14.4. The molecule has 0 spiro atoms. The van der Waals surface area contributed by atoms with Gasteiger partial charge in [-0.15, -0.1) is 0 Å². The maximum atomic E-state index is 6.83. The molecule has 1 aromatic heterocycles. The maximum Gasteiger partial charge on any atom is 0.143 e. The van der Waals surface area contributed by atoms with Gasteiger partial charge in [0.05, 0.1) is 0 Å². The van der Waals surface area contributed by atoms with E-state index in [-0.39, 0.29) is 0 Å². The molecule has 0 radical (unpaired) electrons. The van der Waals surface area contributed by atoms with Crippen LogP contribution in [0.3, 0.4) is 0 Å². The highest BCUT2D eigenvalue weighted by Gasteiger charge is 2.20. The molecule has 0 bridgehead atoms. The van der Waals surface area contributed by atoms with Crippen molar-refractivity contribution in [2.45, 2.75) is 6.54 Å². The highest BCUT2D eigenvalue weighted by atomic mass is 16.3. The molecule has 0 aliphatic heterocycles. The Morgan fingerprint density at radius 1 is 0.327 bits per heavy atom. The molecule has 11 rings (SSSR count). The normalized spacial score (nSPS) is 11.7. The molecule has 11 aromatic rings. The Hall–Kier alpha value is -7.16. The largest absolute Gasteiger partial charge is 0.455 e. The second kappa shape index (κ2) is 12.8. The maximum absolute atomic E-state index is 6.83. The van der Waals surface area contributed by atoms with Crippen molar-refractivity contribution in [3.05, 3.63) is 206 Å². The Labute approximate surface area is 319 Å². The summed E-state index contributed by atoms with van der Waals surface area (Å²) in [6.07, 6.45) is 0. The second-order valence-electron chi connectivity index (χ2n) is 14.4. The van der Waals surface area contributed by atoms with Crippen molar-refractivity contribution in [2.24, 2.45) is 0 Å². The smallest absolute Gasteiger partial charge is 0.143 e. The van der Waals surface area contributed by atoms with E-state index in [0.717, 1.165) is 38.6 Å². The molecule has 258 valence electrons. The number of anilines is 2. The summed E-state index contributed by atoms with van der Waals surface area (Å²) in [5.74, 6) is 0. The van der Waals surface area contributed by atoms with Crippen molar-refractivity contribution in [1.29, 1.82) is 0 Å². The van der Waals surface area contributed by atoms with Gasteiger partial charge in [0.2, 0.25) is 0 Å². The molecule has 0 atom stereocenters. The van der Waals surface area contributed by atoms with Crippen molar-refractivity contribution >= 4 is 76.4 Å². The van der Waals surface area contributed by atoms with E-state index in [2.05, 4.69) is 205 Å². The van der Waals surface area contributed by atoms with Gasteiger partial charge in [0.25, 0.3) is 0 Å². The fourth-order valence-corrected chi connectivity index (χ4v) is 8.70. The predicted molar refractivity (Wildman–Crippen MR) is 233 cm³/mol. The van der Waals surface area contributed by atoms with Gasteiger partial charge in [-0.2, -0.15) is 0 Å². The van der Waals surface area contributed by atoms with Crippen LogP contribution in [-0.4, -0.2) is 0 Å². The van der Waals surface area contributed by atoms with Gasteiger partial charge >= 0.3 is 0 Å². The van der Waals surface area contributed by atoms with E-state index in [0.29, 0.717) is 6.54 Å². The minimum absolute atomic E-state index is 0.670. The topological polar surface area (TPSA) is 16.4 Å². The lowest BCUT2D eigenvalue weighted by Gasteiger charge is -2.28. The zero-order chi connectivity index (χ0) is 36.3. The molecular weight excluding hydrogens is 667 g/mol. The third-order valence-corrected chi connectivity index (χ3v) is 11.4. The van der Waals surface area contributed by atoms with E-state index in [1.54, 1.807) is 0 Å². The third-order valence-electron chi connectivity index (χ3n) is 11.4. The van der Waals surface area contributed by atoms with Gasteiger partial charge in [-0.25, -0.2) is 0 Å². The summed E-state index contributed by atoms with van der Waals surface area (Å²) in [5, 5.41) is 12.1. The molecule has 1 heterocycles. The molecular formula is C53H35NO. The molecule has 0 aliphatic carbocycles. The third kappa shape index (κ3) is 5.18. The molecule has 0 amide bonds. The fraction of sp³-hybridized carbons (Fsp3) is 0.0189. The number of rotatable bonds is 6. The van der Waals surface area contributed by atoms with Gasteiger partial charge in [0.1, 0.15) is 11.2 Å². The van der Waals surface area contributed by atoms with E-state index in [4.69, 9.17) is 4.42 Å². The number of nitrogens with zero attached hydrogens (tertiary/aromatic N) is 1.